The number of benzene rings is 1. The van der Waals surface area contributed by atoms with Crippen molar-refractivity contribution in [3.63, 3.8) is 0 Å². The van der Waals surface area contributed by atoms with Crippen molar-refractivity contribution in [1.82, 2.24) is 9.97 Å². The van der Waals surface area contributed by atoms with Crippen molar-refractivity contribution in [2.24, 2.45) is 0 Å². The minimum absolute atomic E-state index is 0.0206. The first kappa shape index (κ1) is 13.5. The van der Waals surface area contributed by atoms with E-state index in [4.69, 9.17) is 0 Å². The summed E-state index contributed by atoms with van der Waals surface area (Å²) >= 11 is 0. The van der Waals surface area contributed by atoms with Gasteiger partial charge in [0.1, 0.15) is 0 Å². The van der Waals surface area contributed by atoms with E-state index in [-0.39, 0.29) is 16.2 Å². The Hall–Kier alpha value is -1.95. The monoisotopic (exact) mass is 278 g/mol. The number of H-pyrrole nitrogens is 1. The highest BCUT2D eigenvalue weighted by atomic mass is 32.2. The molecule has 6 heteroatoms. The molecule has 0 saturated heterocycles. The molecule has 0 aliphatic carbocycles. The Kier molecular flexibility index (Phi) is 3.53. The third kappa shape index (κ3) is 2.73. The van der Waals surface area contributed by atoms with E-state index < -0.39 is 9.84 Å². The Labute approximate surface area is 111 Å². The van der Waals surface area contributed by atoms with Crippen molar-refractivity contribution < 1.29 is 8.42 Å². The normalized spacial score (nSPS) is 11.5. The molecule has 0 spiro atoms. The number of aryl methyl sites for hydroxylation is 1. The summed E-state index contributed by atoms with van der Waals surface area (Å²) in [6.07, 6.45) is 2.55. The molecule has 1 aromatic carbocycles. The minimum Gasteiger partial charge on any atom is -0.326 e. The molecule has 1 aromatic heterocycles. The van der Waals surface area contributed by atoms with Crippen LogP contribution in [-0.4, -0.2) is 24.1 Å². The van der Waals surface area contributed by atoms with Gasteiger partial charge in [0.25, 0.3) is 5.56 Å². The molecular formula is C13H14N2O3S. The van der Waals surface area contributed by atoms with Gasteiger partial charge in [-0.2, -0.15) is 0 Å². The summed E-state index contributed by atoms with van der Waals surface area (Å²) in [6.45, 7) is 3.43. The highest BCUT2D eigenvalue weighted by Crippen LogP contribution is 2.26. The molecule has 2 rings (SSSR count). The van der Waals surface area contributed by atoms with Crippen LogP contribution in [0.3, 0.4) is 0 Å². The number of nitrogens with zero attached hydrogens (tertiary/aromatic N) is 1. The van der Waals surface area contributed by atoms with Crippen LogP contribution >= 0.6 is 0 Å². The van der Waals surface area contributed by atoms with Crippen molar-refractivity contribution in [1.29, 1.82) is 0 Å². The third-order valence-electron chi connectivity index (χ3n) is 2.80. The molecule has 0 aliphatic heterocycles. The quantitative estimate of drug-likeness (QED) is 0.923. The van der Waals surface area contributed by atoms with Crippen LogP contribution in [0.25, 0.3) is 11.3 Å². The second kappa shape index (κ2) is 4.97. The molecule has 0 bridgehead atoms. The predicted octanol–water partition coefficient (Wildman–Crippen LogP) is 1.54. The molecule has 0 atom stereocenters. The summed E-state index contributed by atoms with van der Waals surface area (Å²) in [4.78, 5) is 17.7. The zero-order valence-electron chi connectivity index (χ0n) is 10.7. The van der Waals surface area contributed by atoms with E-state index in [0.29, 0.717) is 11.3 Å². The molecule has 0 saturated carbocycles. The summed E-state index contributed by atoms with van der Waals surface area (Å²) in [5.74, 6) is 0.0206. The molecule has 0 aliphatic rings. The smallest absolute Gasteiger partial charge is 0.266 e. The van der Waals surface area contributed by atoms with Gasteiger partial charge >= 0.3 is 0 Å². The first-order valence-electron chi connectivity index (χ1n) is 5.82. The molecule has 1 heterocycles. The van der Waals surface area contributed by atoms with E-state index in [9.17, 15) is 13.2 Å². The maximum Gasteiger partial charge on any atom is 0.266 e. The van der Waals surface area contributed by atoms with E-state index in [2.05, 4.69) is 9.97 Å². The predicted molar refractivity (Wildman–Crippen MR) is 72.8 cm³/mol. The average molecular weight is 278 g/mol. The lowest BCUT2D eigenvalue weighted by atomic mass is 10.1. The van der Waals surface area contributed by atoms with Crippen molar-refractivity contribution in [3.05, 3.63) is 46.5 Å². The van der Waals surface area contributed by atoms with Crippen LogP contribution in [0.2, 0.25) is 0 Å². The zero-order chi connectivity index (χ0) is 14.0. The van der Waals surface area contributed by atoms with Gasteiger partial charge in [0.15, 0.2) is 9.84 Å². The third-order valence-corrected chi connectivity index (χ3v) is 4.57. The molecule has 19 heavy (non-hydrogen) atoms. The van der Waals surface area contributed by atoms with Crippen LogP contribution in [-0.2, 0) is 9.84 Å². The maximum atomic E-state index is 12.1. The number of hydrogen-bond acceptors (Lipinski definition) is 4. The fourth-order valence-corrected chi connectivity index (χ4v) is 2.93. The van der Waals surface area contributed by atoms with Crippen LogP contribution in [0.15, 0.2) is 40.3 Å². The van der Waals surface area contributed by atoms with E-state index >= 15 is 0 Å². The van der Waals surface area contributed by atoms with Gasteiger partial charge < -0.3 is 4.98 Å². The van der Waals surface area contributed by atoms with Crippen LogP contribution < -0.4 is 5.56 Å². The van der Waals surface area contributed by atoms with Gasteiger partial charge in [0.05, 0.1) is 22.5 Å². The molecule has 0 radical (unpaired) electrons. The second-order valence-electron chi connectivity index (χ2n) is 4.20. The number of aromatic nitrogens is 2. The van der Waals surface area contributed by atoms with Crippen molar-refractivity contribution in [2.75, 3.05) is 5.75 Å². The fourth-order valence-electron chi connectivity index (χ4n) is 1.74. The van der Waals surface area contributed by atoms with Gasteiger partial charge in [-0.15, -0.1) is 0 Å². The molecule has 0 amide bonds. The molecule has 0 unspecified atom stereocenters. The van der Waals surface area contributed by atoms with Crippen molar-refractivity contribution in [2.45, 2.75) is 18.7 Å². The van der Waals surface area contributed by atoms with E-state index in [1.807, 2.05) is 13.0 Å². The lowest BCUT2D eigenvalue weighted by Crippen LogP contribution is -2.08. The first-order chi connectivity index (χ1) is 8.94. The van der Waals surface area contributed by atoms with Gasteiger partial charge in [-0.05, 0) is 18.6 Å². The van der Waals surface area contributed by atoms with Crippen LogP contribution in [0.5, 0.6) is 0 Å². The Balaban J connectivity index is 2.71. The molecule has 5 nitrogen and oxygen atoms in total. The van der Waals surface area contributed by atoms with E-state index in [1.54, 1.807) is 19.1 Å². The van der Waals surface area contributed by atoms with Gasteiger partial charge in [-0.3, -0.25) is 4.79 Å². The lowest BCUT2D eigenvalue weighted by Gasteiger charge is -2.09. The summed E-state index contributed by atoms with van der Waals surface area (Å²) < 4.78 is 24.2. The Morgan fingerprint density at radius 2 is 2.05 bits per heavy atom. The summed E-state index contributed by atoms with van der Waals surface area (Å²) in [7, 11) is -3.34. The summed E-state index contributed by atoms with van der Waals surface area (Å²) in [5.41, 5.74) is 1.48. The van der Waals surface area contributed by atoms with Crippen LogP contribution in [0.4, 0.5) is 0 Å². The number of hydrogen-bond donors (Lipinski definition) is 1. The Morgan fingerprint density at radius 3 is 2.63 bits per heavy atom. The number of sulfone groups is 1. The number of aromatic amines is 1. The highest BCUT2D eigenvalue weighted by Gasteiger charge is 2.18. The molecule has 100 valence electrons. The second-order valence-corrected chi connectivity index (χ2v) is 6.45. The Morgan fingerprint density at radius 1 is 1.32 bits per heavy atom. The highest BCUT2D eigenvalue weighted by molar-refractivity contribution is 7.91. The lowest BCUT2D eigenvalue weighted by molar-refractivity contribution is 0.597. The number of rotatable bonds is 3. The van der Waals surface area contributed by atoms with Crippen LogP contribution in [0.1, 0.15) is 12.5 Å². The van der Waals surface area contributed by atoms with E-state index in [1.165, 1.54) is 6.20 Å². The van der Waals surface area contributed by atoms with Crippen LogP contribution in [0, 0.1) is 6.92 Å². The standard InChI is InChI=1S/C13H14N2O3S/c1-3-19(17,18)12-6-9(2)4-5-10(12)11-7-15-13(16)8-14-11/h4-8H,3H2,1-2H3,(H,15,16). The van der Waals surface area contributed by atoms with E-state index in [0.717, 1.165) is 11.8 Å². The SMILES string of the molecule is CCS(=O)(=O)c1cc(C)ccc1-c1c[nH]c(=O)cn1. The molecule has 2 aromatic rings. The zero-order valence-corrected chi connectivity index (χ0v) is 11.5. The molecule has 1 N–H and O–H groups in total. The topological polar surface area (TPSA) is 79.9 Å². The van der Waals surface area contributed by atoms with Gasteiger partial charge in [0, 0.05) is 11.8 Å². The molecule has 0 fully saturated rings. The number of nitrogens with one attached hydrogen (secondary N) is 1. The summed E-state index contributed by atoms with van der Waals surface area (Å²) in [5, 5.41) is 0. The van der Waals surface area contributed by atoms with Gasteiger partial charge in [-0.25, -0.2) is 13.4 Å². The van der Waals surface area contributed by atoms with Crippen molar-refractivity contribution >= 4 is 9.84 Å². The minimum atomic E-state index is -3.34. The fraction of sp³-hybridized carbons (Fsp3) is 0.231. The van der Waals surface area contributed by atoms with Gasteiger partial charge in [-0.1, -0.05) is 19.1 Å². The molecular weight excluding hydrogens is 264 g/mol. The maximum absolute atomic E-state index is 12.1. The van der Waals surface area contributed by atoms with Gasteiger partial charge in [0.2, 0.25) is 0 Å². The first-order valence-corrected chi connectivity index (χ1v) is 7.48. The largest absolute Gasteiger partial charge is 0.326 e. The summed E-state index contributed by atoms with van der Waals surface area (Å²) in [6, 6.07) is 5.15. The average Bonchev–Trinajstić information content (AvgIpc) is 2.40. The Bertz CT molecular complexity index is 743. The van der Waals surface area contributed by atoms with Crippen molar-refractivity contribution in [3.8, 4) is 11.3 Å².